The van der Waals surface area contributed by atoms with E-state index in [1.54, 1.807) is 18.2 Å². The lowest BCUT2D eigenvalue weighted by molar-refractivity contribution is -0.147. The van der Waals surface area contributed by atoms with Crippen LogP contribution in [-0.4, -0.2) is 27.8 Å². The summed E-state index contributed by atoms with van der Waals surface area (Å²) in [5.41, 5.74) is -3.67. The molecular formula is C19H21FN3O8P. The Bertz CT molecular complexity index is 1160. The number of nitrogens with one attached hydrogen (secondary N) is 2. The van der Waals surface area contributed by atoms with Gasteiger partial charge in [0.2, 0.25) is 6.23 Å². The number of alkyl halides is 1. The molecule has 32 heavy (non-hydrogen) atoms. The average Bonchev–Trinajstić information content (AvgIpc) is 3.05. The van der Waals surface area contributed by atoms with E-state index < -0.39 is 43.5 Å². The first-order chi connectivity index (χ1) is 15.1. The molecule has 3 atom stereocenters. The van der Waals surface area contributed by atoms with Gasteiger partial charge in [0.25, 0.3) is 5.56 Å². The number of rotatable bonds is 9. The maximum atomic E-state index is 15.1. The van der Waals surface area contributed by atoms with Gasteiger partial charge < -0.3 is 14.1 Å². The summed E-state index contributed by atoms with van der Waals surface area (Å²) in [6.45, 7) is 2.14. The molecule has 1 aliphatic rings. The second-order valence-electron chi connectivity index (χ2n) is 6.84. The summed E-state index contributed by atoms with van der Waals surface area (Å²) in [4.78, 5) is 41.4. The van der Waals surface area contributed by atoms with E-state index in [1.807, 2.05) is 10.2 Å². The number of carbonyl (C=O) groups is 1. The van der Waals surface area contributed by atoms with Crippen LogP contribution in [0.3, 0.4) is 0 Å². The van der Waals surface area contributed by atoms with Gasteiger partial charge in [-0.1, -0.05) is 25.1 Å². The summed E-state index contributed by atoms with van der Waals surface area (Å²) in [5, 5.41) is 1.99. The summed E-state index contributed by atoms with van der Waals surface area (Å²) in [6.07, 6.45) is 0.699. The number of nitrogens with zero attached hydrogens (tertiary/aromatic N) is 1. The van der Waals surface area contributed by atoms with Gasteiger partial charge in [-0.3, -0.25) is 23.7 Å². The fourth-order valence-electron chi connectivity index (χ4n) is 2.71. The molecule has 13 heteroatoms. The van der Waals surface area contributed by atoms with E-state index in [2.05, 4.69) is 4.84 Å². The maximum Gasteiger partial charge on any atom is 0.491 e. The van der Waals surface area contributed by atoms with Crippen LogP contribution in [0.25, 0.3) is 0 Å². The molecule has 0 fully saturated rings. The van der Waals surface area contributed by atoms with Gasteiger partial charge in [-0.15, -0.1) is 0 Å². The van der Waals surface area contributed by atoms with Crippen LogP contribution in [0.1, 0.15) is 26.5 Å². The highest BCUT2D eigenvalue weighted by Crippen LogP contribution is 2.46. The molecule has 1 aromatic carbocycles. The first-order valence-corrected chi connectivity index (χ1v) is 11.0. The van der Waals surface area contributed by atoms with Gasteiger partial charge in [0.05, 0.1) is 0 Å². The average molecular weight is 469 g/mol. The molecule has 2 aromatic rings. The molecule has 172 valence electrons. The number of hydrogen-bond donors (Lipinski definition) is 2. The second kappa shape index (κ2) is 9.51. The minimum Gasteiger partial charge on any atom is -0.468 e. The molecule has 0 bridgehead atoms. The number of hydrogen-bond acceptors (Lipinski definition) is 8. The summed E-state index contributed by atoms with van der Waals surface area (Å²) in [5.74, 6) is -0.653. The van der Waals surface area contributed by atoms with Crippen molar-refractivity contribution in [3.63, 3.8) is 0 Å². The van der Waals surface area contributed by atoms with Crippen LogP contribution in [0.5, 0.6) is 5.75 Å². The van der Waals surface area contributed by atoms with E-state index in [-0.39, 0.29) is 17.9 Å². The molecule has 0 radical (unpaired) electrons. The number of benzene rings is 1. The lowest BCUT2D eigenvalue weighted by atomic mass is 10.1. The van der Waals surface area contributed by atoms with Crippen LogP contribution in [0.15, 0.2) is 64.0 Å². The van der Waals surface area contributed by atoms with E-state index >= 15 is 4.39 Å². The summed E-state index contributed by atoms with van der Waals surface area (Å²) < 4.78 is 45.1. The van der Waals surface area contributed by atoms with E-state index in [9.17, 15) is 18.9 Å². The lowest BCUT2D eigenvalue weighted by Gasteiger charge is -2.23. The van der Waals surface area contributed by atoms with Crippen molar-refractivity contribution in [1.29, 1.82) is 0 Å². The molecule has 3 rings (SSSR count). The fraction of sp³-hybridized carbons (Fsp3) is 0.316. The normalized spacial score (nSPS) is 21.8. The maximum absolute atomic E-state index is 15.1. The van der Waals surface area contributed by atoms with E-state index in [1.165, 1.54) is 19.1 Å². The molecule has 0 saturated carbocycles. The van der Waals surface area contributed by atoms with Crippen LogP contribution in [0.2, 0.25) is 0 Å². The topological polar surface area (TPSA) is 138 Å². The largest absolute Gasteiger partial charge is 0.491 e. The Morgan fingerprint density at radius 2 is 2.03 bits per heavy atom. The SMILES string of the molecule is CCC(=O)ONP(=O)(OCC1=C[C@@](C)(F)[C@H](n2ccc(=O)[nH]c2=O)O1)Oc1ccccc1. The second-order valence-corrected chi connectivity index (χ2v) is 8.46. The summed E-state index contributed by atoms with van der Waals surface area (Å²) in [6, 6.07) is 9.01. The van der Waals surface area contributed by atoms with E-state index in [0.29, 0.717) is 0 Å². The highest BCUT2D eigenvalue weighted by molar-refractivity contribution is 7.51. The number of H-pyrrole nitrogens is 1. The number of aromatic nitrogens is 2. The smallest absolute Gasteiger partial charge is 0.468 e. The van der Waals surface area contributed by atoms with Gasteiger partial charge in [-0.2, -0.15) is 0 Å². The van der Waals surface area contributed by atoms with Crippen molar-refractivity contribution in [3.8, 4) is 5.75 Å². The first-order valence-electron chi connectivity index (χ1n) is 9.47. The highest BCUT2D eigenvalue weighted by atomic mass is 31.2. The van der Waals surface area contributed by atoms with Gasteiger partial charge in [-0.05, 0) is 30.4 Å². The predicted molar refractivity (Wildman–Crippen MR) is 109 cm³/mol. The molecule has 2 N–H and O–H groups in total. The molecular weight excluding hydrogens is 448 g/mol. The highest BCUT2D eigenvalue weighted by Gasteiger charge is 2.43. The third-order valence-corrected chi connectivity index (χ3v) is 5.43. The van der Waals surface area contributed by atoms with E-state index in [4.69, 9.17) is 13.8 Å². The van der Waals surface area contributed by atoms with Crippen molar-refractivity contribution >= 4 is 13.7 Å². The Hall–Kier alpha value is -3.21. The van der Waals surface area contributed by atoms with Gasteiger partial charge in [0.1, 0.15) is 18.1 Å². The molecule has 1 aromatic heterocycles. The fourth-order valence-corrected chi connectivity index (χ4v) is 3.77. The molecule has 11 nitrogen and oxygen atoms in total. The van der Waals surface area contributed by atoms with Crippen LogP contribution < -0.4 is 21.0 Å². The van der Waals surface area contributed by atoms with Gasteiger partial charge >= 0.3 is 19.4 Å². The van der Waals surface area contributed by atoms with Crippen molar-refractivity contribution in [2.45, 2.75) is 32.2 Å². The molecule has 0 spiro atoms. The quantitative estimate of drug-likeness (QED) is 0.419. The number of aromatic amines is 1. The minimum atomic E-state index is -4.26. The summed E-state index contributed by atoms with van der Waals surface area (Å²) in [7, 11) is -4.26. The Balaban J connectivity index is 1.74. The lowest BCUT2D eigenvalue weighted by Crippen LogP contribution is -2.38. The third-order valence-electron chi connectivity index (χ3n) is 4.20. The van der Waals surface area contributed by atoms with Crippen LogP contribution in [0, 0.1) is 0 Å². The zero-order chi connectivity index (χ0) is 23.4. The van der Waals surface area contributed by atoms with Crippen molar-refractivity contribution in [1.82, 2.24) is 14.8 Å². The Morgan fingerprint density at radius 1 is 1.31 bits per heavy atom. The van der Waals surface area contributed by atoms with Gasteiger partial charge in [0.15, 0.2) is 5.67 Å². The number of carbonyl (C=O) groups excluding carboxylic acids is 1. The molecule has 1 unspecified atom stereocenters. The van der Waals surface area contributed by atoms with Crippen LogP contribution >= 0.6 is 7.75 Å². The number of para-hydroxylation sites is 1. The zero-order valence-electron chi connectivity index (χ0n) is 17.1. The van der Waals surface area contributed by atoms with Crippen molar-refractivity contribution in [3.05, 3.63) is 75.3 Å². The monoisotopic (exact) mass is 469 g/mol. The molecule has 0 aliphatic carbocycles. The molecule has 0 saturated heterocycles. The minimum absolute atomic E-state index is 0.00239. The Labute approximate surface area is 181 Å². The van der Waals surface area contributed by atoms with E-state index in [0.717, 1.165) is 29.8 Å². The standard InChI is InChI=1S/C19H21FN3O8P/c1-3-16(25)30-22-32(27,31-13-7-5-4-6-8-13)28-12-14-11-19(2,20)17(29-14)23-10-9-15(24)21-18(23)26/h4-11,17H,3,12H2,1-2H3,(H,22,27)(H,21,24,26)/t17-,19-,32?/m1/s1. The Kier molecular flexibility index (Phi) is 6.97. The van der Waals surface area contributed by atoms with Crippen molar-refractivity contribution in [2.24, 2.45) is 0 Å². The first kappa shape index (κ1) is 23.5. The summed E-state index contributed by atoms with van der Waals surface area (Å²) >= 11 is 0. The molecule has 1 aliphatic heterocycles. The van der Waals surface area contributed by atoms with Crippen molar-refractivity contribution in [2.75, 3.05) is 6.61 Å². The van der Waals surface area contributed by atoms with Gasteiger partial charge in [-0.25, -0.2) is 13.8 Å². The third kappa shape index (κ3) is 5.72. The molecule has 0 amide bonds. The Morgan fingerprint density at radius 3 is 2.69 bits per heavy atom. The number of ether oxygens (including phenoxy) is 1. The number of halogens is 1. The zero-order valence-corrected chi connectivity index (χ0v) is 18.0. The predicted octanol–water partition coefficient (Wildman–Crippen LogP) is 2.34. The van der Waals surface area contributed by atoms with Crippen LogP contribution in [-0.2, 0) is 23.5 Å². The van der Waals surface area contributed by atoms with Crippen LogP contribution in [0.4, 0.5) is 4.39 Å². The molecule has 2 heterocycles. The van der Waals surface area contributed by atoms with Gasteiger partial charge in [0, 0.05) is 18.7 Å². The van der Waals surface area contributed by atoms with Crippen molar-refractivity contribution < 1.29 is 32.4 Å².